The van der Waals surface area contributed by atoms with E-state index in [-0.39, 0.29) is 23.5 Å². The van der Waals surface area contributed by atoms with Gasteiger partial charge >= 0.3 is 0 Å². The van der Waals surface area contributed by atoms with Crippen LogP contribution >= 0.6 is 11.6 Å². The number of nitrogen functional groups attached to an aromatic ring is 1. The number of ether oxygens (including phenoxy) is 1. The van der Waals surface area contributed by atoms with Gasteiger partial charge in [-0.2, -0.15) is 0 Å². The number of nitrogens with two attached hydrogens (primary N) is 1. The van der Waals surface area contributed by atoms with Crippen LogP contribution in [0.2, 0.25) is 5.02 Å². The molecule has 1 aromatic rings. The molecular weight excluding hydrogens is 342 g/mol. The molecule has 3 saturated heterocycles. The lowest BCUT2D eigenvalue weighted by molar-refractivity contribution is -0.122. The van der Waals surface area contributed by atoms with Gasteiger partial charge in [-0.15, -0.1) is 0 Å². The van der Waals surface area contributed by atoms with Crippen LogP contribution < -0.4 is 15.8 Å². The molecule has 3 aliphatic heterocycles. The molecule has 2 unspecified atom stereocenters. The van der Waals surface area contributed by atoms with Gasteiger partial charge in [-0.05, 0) is 51.8 Å². The number of piperidine rings is 3. The Hall–Kier alpha value is -1.79. The Morgan fingerprint density at radius 2 is 2.04 bits per heavy atom. The lowest BCUT2D eigenvalue weighted by atomic mass is 9.84. The fraction of sp³-hybridized carbons (Fsp3) is 0.556. The number of nitrogens with one attached hydrogen (secondary N) is 1. The van der Waals surface area contributed by atoms with E-state index < -0.39 is 6.10 Å². The predicted molar refractivity (Wildman–Crippen MR) is 97.1 cm³/mol. The van der Waals surface area contributed by atoms with Gasteiger partial charge in [0, 0.05) is 18.7 Å². The molecule has 4 rings (SSSR count). The molecule has 2 bridgehead atoms. The molecule has 0 saturated carbocycles. The van der Waals surface area contributed by atoms with Gasteiger partial charge in [-0.1, -0.05) is 11.6 Å². The molecule has 1 amide bonds. The summed E-state index contributed by atoms with van der Waals surface area (Å²) in [7, 11) is 0. The number of fused-ring (bicyclic) bond motifs is 3. The summed E-state index contributed by atoms with van der Waals surface area (Å²) in [5.74, 6) is 0.422. The van der Waals surface area contributed by atoms with Crippen molar-refractivity contribution in [1.29, 1.82) is 0 Å². The Labute approximate surface area is 152 Å². The summed E-state index contributed by atoms with van der Waals surface area (Å²) >= 11 is 6.10. The van der Waals surface area contributed by atoms with Crippen molar-refractivity contribution in [1.82, 2.24) is 10.2 Å². The highest BCUT2D eigenvalue weighted by atomic mass is 35.5. The smallest absolute Gasteiger partial charge is 0.255 e. The molecule has 3 aliphatic rings. The van der Waals surface area contributed by atoms with Gasteiger partial charge in [0.25, 0.3) is 5.91 Å². The van der Waals surface area contributed by atoms with E-state index in [9.17, 15) is 9.59 Å². The first kappa shape index (κ1) is 18.0. The SMILES string of the molecule is CC(=O)C(C)Oc1cc(N)c(Cl)cc1C(=O)NC1CN2CCC1CC2. The van der Waals surface area contributed by atoms with E-state index in [4.69, 9.17) is 22.1 Å². The zero-order chi connectivity index (χ0) is 18.1. The average Bonchev–Trinajstić information content (AvgIpc) is 2.58. The van der Waals surface area contributed by atoms with Crippen LogP contribution in [0.25, 0.3) is 0 Å². The van der Waals surface area contributed by atoms with Crippen LogP contribution in [0.15, 0.2) is 12.1 Å². The molecule has 0 aliphatic carbocycles. The summed E-state index contributed by atoms with van der Waals surface area (Å²) in [6.07, 6.45) is 1.56. The van der Waals surface area contributed by atoms with Gasteiger partial charge < -0.3 is 20.7 Å². The number of Topliss-reactive ketones (excluding diaryl/α,β-unsaturated/α-hetero) is 1. The number of halogens is 1. The normalized spacial score (nSPS) is 26.1. The minimum atomic E-state index is -0.663. The number of carbonyl (C=O) groups is 2. The number of nitrogens with zero attached hydrogens (tertiary/aromatic N) is 1. The van der Waals surface area contributed by atoms with Gasteiger partial charge in [0.1, 0.15) is 5.75 Å². The quantitative estimate of drug-likeness (QED) is 0.780. The van der Waals surface area contributed by atoms with Crippen LogP contribution in [0.1, 0.15) is 37.0 Å². The number of amides is 1. The number of ketones is 1. The van der Waals surface area contributed by atoms with Crippen LogP contribution in [-0.4, -0.2) is 48.4 Å². The molecule has 3 N–H and O–H groups in total. The van der Waals surface area contributed by atoms with Gasteiger partial charge in [0.05, 0.1) is 16.3 Å². The lowest BCUT2D eigenvalue weighted by Crippen LogP contribution is -2.57. The van der Waals surface area contributed by atoms with Crippen molar-refractivity contribution < 1.29 is 14.3 Å². The molecular formula is C18H24ClN3O3. The first-order valence-electron chi connectivity index (χ1n) is 8.64. The number of carbonyl (C=O) groups excluding carboxylic acids is 2. The highest BCUT2D eigenvalue weighted by molar-refractivity contribution is 6.33. The van der Waals surface area contributed by atoms with Gasteiger partial charge in [0.15, 0.2) is 11.9 Å². The summed E-state index contributed by atoms with van der Waals surface area (Å²) in [4.78, 5) is 26.7. The van der Waals surface area contributed by atoms with E-state index in [1.165, 1.54) is 19.1 Å². The number of anilines is 1. The summed E-state index contributed by atoms with van der Waals surface area (Å²) in [5, 5.41) is 3.40. The van der Waals surface area contributed by atoms with Crippen LogP contribution in [0.3, 0.4) is 0 Å². The number of hydrogen-bond acceptors (Lipinski definition) is 5. The van der Waals surface area contributed by atoms with Crippen LogP contribution in [0.5, 0.6) is 5.75 Å². The van der Waals surface area contributed by atoms with Gasteiger partial charge in [0.2, 0.25) is 0 Å². The van der Waals surface area contributed by atoms with E-state index >= 15 is 0 Å². The highest BCUT2D eigenvalue weighted by Crippen LogP contribution is 2.31. The second kappa shape index (κ2) is 7.22. The maximum Gasteiger partial charge on any atom is 0.255 e. The molecule has 0 radical (unpaired) electrons. The van der Waals surface area contributed by atoms with Crippen molar-refractivity contribution in [2.45, 2.75) is 38.8 Å². The maximum atomic E-state index is 12.8. The zero-order valence-electron chi connectivity index (χ0n) is 14.5. The lowest BCUT2D eigenvalue weighted by Gasteiger charge is -2.44. The van der Waals surface area contributed by atoms with Crippen LogP contribution in [0, 0.1) is 5.92 Å². The Morgan fingerprint density at radius 1 is 1.36 bits per heavy atom. The summed E-state index contributed by atoms with van der Waals surface area (Å²) in [6.45, 7) is 6.17. The molecule has 136 valence electrons. The minimum absolute atomic E-state index is 0.128. The monoisotopic (exact) mass is 365 g/mol. The molecule has 7 heteroatoms. The topological polar surface area (TPSA) is 84.7 Å². The minimum Gasteiger partial charge on any atom is -0.482 e. The van der Waals surface area contributed by atoms with E-state index in [0.717, 1.165) is 32.5 Å². The number of rotatable bonds is 5. The Morgan fingerprint density at radius 3 is 2.60 bits per heavy atom. The fourth-order valence-electron chi connectivity index (χ4n) is 3.49. The Kier molecular flexibility index (Phi) is 5.20. The molecule has 1 aromatic carbocycles. The van der Waals surface area contributed by atoms with Crippen molar-refractivity contribution in [2.24, 2.45) is 5.92 Å². The summed E-state index contributed by atoms with van der Waals surface area (Å²) in [6, 6.07) is 3.15. The molecule has 0 spiro atoms. The van der Waals surface area contributed by atoms with Crippen molar-refractivity contribution in [3.05, 3.63) is 22.7 Å². The van der Waals surface area contributed by atoms with E-state index in [0.29, 0.717) is 22.2 Å². The van der Waals surface area contributed by atoms with E-state index in [2.05, 4.69) is 10.2 Å². The molecule has 0 aromatic heterocycles. The number of benzene rings is 1. The first-order valence-corrected chi connectivity index (χ1v) is 9.02. The molecule has 25 heavy (non-hydrogen) atoms. The van der Waals surface area contributed by atoms with Crippen molar-refractivity contribution in [3.8, 4) is 5.75 Å². The largest absolute Gasteiger partial charge is 0.482 e. The van der Waals surface area contributed by atoms with Gasteiger partial charge in [-0.25, -0.2) is 0 Å². The van der Waals surface area contributed by atoms with Crippen molar-refractivity contribution >= 4 is 29.0 Å². The highest BCUT2D eigenvalue weighted by Gasteiger charge is 2.35. The predicted octanol–water partition coefficient (Wildman–Crippen LogP) is 2.10. The first-order chi connectivity index (χ1) is 11.8. The van der Waals surface area contributed by atoms with Crippen LogP contribution in [0.4, 0.5) is 5.69 Å². The Bertz CT molecular complexity index is 686. The van der Waals surface area contributed by atoms with Crippen LogP contribution in [-0.2, 0) is 4.79 Å². The second-order valence-electron chi connectivity index (χ2n) is 6.96. The molecule has 2 atom stereocenters. The fourth-order valence-corrected chi connectivity index (χ4v) is 3.66. The average molecular weight is 366 g/mol. The van der Waals surface area contributed by atoms with Crippen molar-refractivity contribution in [3.63, 3.8) is 0 Å². The second-order valence-corrected chi connectivity index (χ2v) is 7.37. The standard InChI is InChI=1S/C18H24ClN3O3/c1-10(23)11(2)25-17-8-15(20)14(19)7-13(17)18(24)21-16-9-22-5-3-12(16)4-6-22/h7-8,11-12,16H,3-6,9,20H2,1-2H3,(H,21,24). The summed E-state index contributed by atoms with van der Waals surface area (Å²) in [5.41, 5.74) is 6.46. The Balaban J connectivity index is 1.80. The third-order valence-corrected chi connectivity index (χ3v) is 5.52. The molecule has 6 nitrogen and oxygen atoms in total. The third-order valence-electron chi connectivity index (χ3n) is 5.19. The van der Waals surface area contributed by atoms with Crippen molar-refractivity contribution in [2.75, 3.05) is 25.4 Å². The van der Waals surface area contributed by atoms with Gasteiger partial charge in [-0.3, -0.25) is 9.59 Å². The summed E-state index contributed by atoms with van der Waals surface area (Å²) < 4.78 is 5.66. The zero-order valence-corrected chi connectivity index (χ0v) is 15.3. The molecule has 3 fully saturated rings. The third kappa shape index (κ3) is 3.90. The number of hydrogen-bond donors (Lipinski definition) is 2. The maximum absolute atomic E-state index is 12.8. The van der Waals surface area contributed by atoms with E-state index in [1.54, 1.807) is 6.92 Å². The molecule has 3 heterocycles. The van der Waals surface area contributed by atoms with E-state index in [1.807, 2.05) is 0 Å².